The van der Waals surface area contributed by atoms with E-state index in [1.165, 1.54) is 6.07 Å². The molecule has 9 heteroatoms. The molecule has 1 spiro atoms. The Balaban J connectivity index is 1.26. The van der Waals surface area contributed by atoms with Crippen LogP contribution in [0.1, 0.15) is 40.2 Å². The van der Waals surface area contributed by atoms with Crippen LogP contribution in [0.5, 0.6) is 0 Å². The van der Waals surface area contributed by atoms with Crippen LogP contribution in [0.4, 0.5) is 19.0 Å². The Morgan fingerprint density at radius 3 is 2.65 bits per heavy atom. The second-order valence-corrected chi connectivity index (χ2v) is 9.67. The fourth-order valence-electron chi connectivity index (χ4n) is 6.10. The Morgan fingerprint density at radius 1 is 1.18 bits per heavy atom. The van der Waals surface area contributed by atoms with Gasteiger partial charge in [-0.3, -0.25) is 4.79 Å². The van der Waals surface area contributed by atoms with Gasteiger partial charge in [-0.1, -0.05) is 23.4 Å². The quantitative estimate of drug-likeness (QED) is 0.578. The maximum atomic E-state index is 13.8. The average molecular weight is 468 g/mol. The van der Waals surface area contributed by atoms with Crippen LogP contribution in [0, 0.1) is 25.2 Å². The largest absolute Gasteiger partial charge is 0.417 e. The molecule has 1 amide bonds. The minimum atomic E-state index is -4.42. The van der Waals surface area contributed by atoms with Gasteiger partial charge in [0.05, 0.1) is 17.3 Å². The lowest BCUT2D eigenvalue weighted by Crippen LogP contribution is -2.60. The Kier molecular flexibility index (Phi) is 4.41. The molecule has 3 aliphatic rings. The topological polar surface area (TPSA) is 71.3 Å². The standard InChI is InChI=1S/C25H23F3N4O2/c1-13-21(14(2)34-31-13)17-5-3-4-6-18(17)23(33)32-12-16-9-24(16)10-19(22(24)32)30-20-8-7-15(11-29-20)25(26,27)28/h3-8,11,16,19,22H,9-10,12H2,1-2H3,(H,29,30). The van der Waals surface area contributed by atoms with E-state index in [0.717, 1.165) is 41.9 Å². The van der Waals surface area contributed by atoms with E-state index in [1.54, 1.807) is 0 Å². The van der Waals surface area contributed by atoms with Crippen molar-refractivity contribution in [2.45, 2.75) is 44.9 Å². The Labute approximate surface area is 194 Å². The van der Waals surface area contributed by atoms with Crippen LogP contribution in [0.3, 0.4) is 0 Å². The van der Waals surface area contributed by atoms with Crippen molar-refractivity contribution in [2.75, 3.05) is 11.9 Å². The van der Waals surface area contributed by atoms with Gasteiger partial charge in [0.1, 0.15) is 11.6 Å². The molecule has 4 atom stereocenters. The number of rotatable bonds is 4. The van der Waals surface area contributed by atoms with Gasteiger partial charge in [0.15, 0.2) is 0 Å². The highest BCUT2D eigenvalue weighted by molar-refractivity contribution is 6.02. The average Bonchev–Trinajstić information content (AvgIpc) is 3.33. The molecule has 3 aromatic rings. The molecule has 176 valence electrons. The summed E-state index contributed by atoms with van der Waals surface area (Å²) in [5, 5.41) is 7.32. The summed E-state index contributed by atoms with van der Waals surface area (Å²) in [6.45, 7) is 4.38. The van der Waals surface area contributed by atoms with Crippen LogP contribution in [0.15, 0.2) is 47.1 Å². The highest BCUT2D eigenvalue weighted by atomic mass is 19.4. The van der Waals surface area contributed by atoms with Crippen molar-refractivity contribution in [2.24, 2.45) is 11.3 Å². The zero-order valence-electron chi connectivity index (χ0n) is 18.7. The number of alkyl halides is 3. The van der Waals surface area contributed by atoms with E-state index in [2.05, 4.69) is 15.5 Å². The summed E-state index contributed by atoms with van der Waals surface area (Å²) in [5.41, 5.74) is 2.31. The lowest BCUT2D eigenvalue weighted by Gasteiger charge is -2.48. The van der Waals surface area contributed by atoms with E-state index < -0.39 is 11.7 Å². The molecular formula is C25H23F3N4O2. The molecule has 1 aliphatic heterocycles. The molecule has 3 fully saturated rings. The van der Waals surface area contributed by atoms with Crippen molar-refractivity contribution >= 4 is 11.7 Å². The van der Waals surface area contributed by atoms with Gasteiger partial charge in [-0.15, -0.1) is 0 Å². The predicted octanol–water partition coefficient (Wildman–Crippen LogP) is 5.09. The van der Waals surface area contributed by atoms with Gasteiger partial charge in [0, 0.05) is 29.9 Å². The van der Waals surface area contributed by atoms with Gasteiger partial charge in [0.2, 0.25) is 0 Å². The SMILES string of the molecule is Cc1noc(C)c1-c1ccccc1C(=O)N1CC2CC23CC(Nc2ccc(C(F)(F)F)cn2)C13. The first-order valence-corrected chi connectivity index (χ1v) is 11.3. The number of hydrogen-bond donors (Lipinski definition) is 1. The summed E-state index contributed by atoms with van der Waals surface area (Å²) in [4.78, 5) is 19.7. The van der Waals surface area contributed by atoms with Crippen molar-refractivity contribution in [1.29, 1.82) is 0 Å². The van der Waals surface area contributed by atoms with E-state index in [1.807, 2.05) is 43.0 Å². The number of anilines is 1. The number of likely N-dealkylation sites (tertiary alicyclic amines) is 1. The monoisotopic (exact) mass is 468 g/mol. The van der Waals surface area contributed by atoms with Gasteiger partial charge in [-0.05, 0) is 61.8 Å². The summed E-state index contributed by atoms with van der Waals surface area (Å²) in [5.74, 6) is 1.49. The molecule has 2 aliphatic carbocycles. The number of hydrogen-bond acceptors (Lipinski definition) is 5. The third kappa shape index (κ3) is 3.05. The maximum Gasteiger partial charge on any atom is 0.417 e. The molecule has 2 saturated carbocycles. The highest BCUT2D eigenvalue weighted by Gasteiger charge is 2.75. The molecule has 1 N–H and O–H groups in total. The zero-order valence-corrected chi connectivity index (χ0v) is 18.7. The van der Waals surface area contributed by atoms with Crippen molar-refractivity contribution < 1.29 is 22.5 Å². The summed E-state index contributed by atoms with van der Waals surface area (Å²) < 4.78 is 43.9. The zero-order chi connectivity index (χ0) is 23.8. The highest BCUT2D eigenvalue weighted by Crippen LogP contribution is 2.71. The minimum Gasteiger partial charge on any atom is -0.365 e. The number of carbonyl (C=O) groups excluding carboxylic acids is 1. The number of piperidine rings is 1. The predicted molar refractivity (Wildman–Crippen MR) is 118 cm³/mol. The van der Waals surface area contributed by atoms with E-state index in [4.69, 9.17) is 4.52 Å². The van der Waals surface area contributed by atoms with E-state index in [9.17, 15) is 18.0 Å². The molecular weight excluding hydrogens is 445 g/mol. The lowest BCUT2D eigenvalue weighted by molar-refractivity contribution is -0.137. The van der Waals surface area contributed by atoms with Crippen molar-refractivity contribution in [3.8, 4) is 11.1 Å². The summed E-state index contributed by atoms with van der Waals surface area (Å²) >= 11 is 0. The number of halogens is 3. The molecule has 0 radical (unpaired) electrons. The smallest absolute Gasteiger partial charge is 0.365 e. The normalized spacial score (nSPS) is 27.1. The first-order valence-electron chi connectivity index (χ1n) is 11.3. The third-order valence-electron chi connectivity index (χ3n) is 7.75. The van der Waals surface area contributed by atoms with Crippen LogP contribution in [-0.2, 0) is 6.18 Å². The van der Waals surface area contributed by atoms with Gasteiger partial charge in [-0.25, -0.2) is 4.98 Å². The minimum absolute atomic E-state index is 0.00758. The van der Waals surface area contributed by atoms with Crippen LogP contribution < -0.4 is 5.32 Å². The Hall–Kier alpha value is -3.36. The number of carbonyl (C=O) groups is 1. The molecule has 34 heavy (non-hydrogen) atoms. The van der Waals surface area contributed by atoms with Crippen LogP contribution in [0.25, 0.3) is 11.1 Å². The maximum absolute atomic E-state index is 13.8. The first-order chi connectivity index (χ1) is 16.2. The molecule has 6 rings (SSSR count). The molecule has 6 nitrogen and oxygen atoms in total. The van der Waals surface area contributed by atoms with Crippen molar-refractivity contribution in [3.63, 3.8) is 0 Å². The second-order valence-electron chi connectivity index (χ2n) is 9.67. The summed E-state index contributed by atoms with van der Waals surface area (Å²) in [6, 6.07) is 9.81. The number of nitrogens with one attached hydrogen (secondary N) is 1. The molecule has 2 aromatic heterocycles. The van der Waals surface area contributed by atoms with Gasteiger partial charge in [-0.2, -0.15) is 13.2 Å². The number of aryl methyl sites for hydroxylation is 2. The summed E-state index contributed by atoms with van der Waals surface area (Å²) in [7, 11) is 0. The molecule has 0 bridgehead atoms. The Morgan fingerprint density at radius 2 is 1.97 bits per heavy atom. The molecule has 1 saturated heterocycles. The van der Waals surface area contributed by atoms with Gasteiger partial charge < -0.3 is 14.7 Å². The van der Waals surface area contributed by atoms with E-state index in [0.29, 0.717) is 29.6 Å². The van der Waals surface area contributed by atoms with Gasteiger partial charge >= 0.3 is 6.18 Å². The molecule has 4 unspecified atom stereocenters. The fourth-order valence-corrected chi connectivity index (χ4v) is 6.10. The second kappa shape index (κ2) is 7.07. The first kappa shape index (κ1) is 21.2. The number of pyridine rings is 1. The fraction of sp³-hybridized carbons (Fsp3) is 0.400. The summed E-state index contributed by atoms with van der Waals surface area (Å²) in [6.07, 6.45) is -1.60. The van der Waals surface area contributed by atoms with Crippen LogP contribution in [0.2, 0.25) is 0 Å². The van der Waals surface area contributed by atoms with Crippen LogP contribution in [-0.4, -0.2) is 39.6 Å². The van der Waals surface area contributed by atoms with E-state index >= 15 is 0 Å². The number of amides is 1. The third-order valence-corrected chi connectivity index (χ3v) is 7.75. The molecule has 1 aromatic carbocycles. The Bertz CT molecular complexity index is 1270. The molecule has 3 heterocycles. The lowest BCUT2D eigenvalue weighted by atomic mass is 9.71. The van der Waals surface area contributed by atoms with E-state index in [-0.39, 0.29) is 23.4 Å². The van der Waals surface area contributed by atoms with Crippen molar-refractivity contribution in [3.05, 3.63) is 65.2 Å². The van der Waals surface area contributed by atoms with Crippen molar-refractivity contribution in [1.82, 2.24) is 15.0 Å². The van der Waals surface area contributed by atoms with Gasteiger partial charge in [0.25, 0.3) is 5.91 Å². The van der Waals surface area contributed by atoms with Crippen LogP contribution >= 0.6 is 0 Å². The number of aromatic nitrogens is 2. The number of nitrogens with zero attached hydrogens (tertiary/aromatic N) is 3. The number of benzene rings is 1.